The molecule has 0 nitrogen and oxygen atoms in total. The third-order valence-electron chi connectivity index (χ3n) is 1.24. The van der Waals surface area contributed by atoms with Crippen molar-refractivity contribution in [3.05, 3.63) is 6.92 Å². The average molecular weight is 154 g/mol. The summed E-state index contributed by atoms with van der Waals surface area (Å²) in [6.45, 7) is 9.15. The molecule has 0 aromatic heterocycles. The molecular formula is C6H11Cl2. The fourth-order valence-corrected chi connectivity index (χ4v) is 0. The third-order valence-corrected chi connectivity index (χ3v) is 2.23. The number of halogens is 2. The predicted octanol–water partition coefficient (Wildman–Crippen LogP) is 2.84. The van der Waals surface area contributed by atoms with Gasteiger partial charge in [0.2, 0.25) is 0 Å². The summed E-state index contributed by atoms with van der Waals surface area (Å²) < 4.78 is 0. The normalized spacial score (nSPS) is 14.2. The van der Waals surface area contributed by atoms with Gasteiger partial charge in [-0.1, -0.05) is 0 Å². The van der Waals surface area contributed by atoms with E-state index in [1.165, 1.54) is 0 Å². The molecule has 8 heavy (non-hydrogen) atoms. The number of hydrogen-bond donors (Lipinski definition) is 0. The first-order valence-electron chi connectivity index (χ1n) is 2.48. The highest BCUT2D eigenvalue weighted by molar-refractivity contribution is 6.34. The Hall–Kier alpha value is 0.580. The minimum atomic E-state index is -0.575. The lowest BCUT2D eigenvalue weighted by atomic mass is 9.99. The van der Waals surface area contributed by atoms with E-state index in [1.807, 2.05) is 13.8 Å². The van der Waals surface area contributed by atoms with Crippen LogP contribution >= 0.6 is 23.2 Å². The lowest BCUT2D eigenvalue weighted by Crippen LogP contribution is -2.34. The maximum atomic E-state index is 5.81. The SMILES string of the molecule is [CH2]C(C)(Cl)C(C)(C)Cl. The smallest absolute Gasteiger partial charge is 0.0605 e. The monoisotopic (exact) mass is 153 g/mol. The molecule has 0 N–H and O–H groups in total. The molecule has 0 spiro atoms. The summed E-state index contributed by atoms with van der Waals surface area (Å²) in [6, 6.07) is 0. The van der Waals surface area contributed by atoms with Gasteiger partial charge in [0.15, 0.2) is 0 Å². The Morgan fingerprint density at radius 1 is 1.12 bits per heavy atom. The van der Waals surface area contributed by atoms with Crippen molar-refractivity contribution in [3.63, 3.8) is 0 Å². The van der Waals surface area contributed by atoms with Crippen LogP contribution in [0.1, 0.15) is 20.8 Å². The molecule has 0 amide bonds. The maximum absolute atomic E-state index is 5.81. The van der Waals surface area contributed by atoms with Crippen molar-refractivity contribution in [2.75, 3.05) is 0 Å². The van der Waals surface area contributed by atoms with Crippen LogP contribution in [-0.4, -0.2) is 9.75 Å². The lowest BCUT2D eigenvalue weighted by molar-refractivity contribution is 0.575. The van der Waals surface area contributed by atoms with Gasteiger partial charge in [0.05, 0.1) is 9.75 Å². The molecule has 0 aliphatic rings. The highest BCUT2D eigenvalue weighted by atomic mass is 35.5. The van der Waals surface area contributed by atoms with Crippen LogP contribution in [-0.2, 0) is 0 Å². The summed E-state index contributed by atoms with van der Waals surface area (Å²) >= 11 is 11.6. The second-order valence-corrected chi connectivity index (χ2v) is 4.45. The average Bonchev–Trinajstić information content (AvgIpc) is 1.25. The van der Waals surface area contributed by atoms with E-state index in [2.05, 4.69) is 6.92 Å². The number of rotatable bonds is 1. The Balaban J connectivity index is 4.02. The zero-order chi connectivity index (χ0) is 7.00. The van der Waals surface area contributed by atoms with Crippen molar-refractivity contribution >= 4 is 23.2 Å². The van der Waals surface area contributed by atoms with Gasteiger partial charge in [-0.2, -0.15) is 0 Å². The van der Waals surface area contributed by atoms with Crippen LogP contribution in [0, 0.1) is 6.92 Å². The second kappa shape index (κ2) is 2.07. The Morgan fingerprint density at radius 3 is 1.25 bits per heavy atom. The summed E-state index contributed by atoms with van der Waals surface area (Å²) in [5.74, 6) is 0. The van der Waals surface area contributed by atoms with Gasteiger partial charge in [0, 0.05) is 0 Å². The van der Waals surface area contributed by atoms with Gasteiger partial charge in [0.25, 0.3) is 0 Å². The molecule has 0 fully saturated rings. The fraction of sp³-hybridized carbons (Fsp3) is 0.833. The molecule has 0 heterocycles. The summed E-state index contributed by atoms with van der Waals surface area (Å²) in [7, 11) is 0. The molecule has 49 valence electrons. The highest BCUT2D eigenvalue weighted by Gasteiger charge is 2.32. The van der Waals surface area contributed by atoms with Crippen molar-refractivity contribution in [2.45, 2.75) is 30.5 Å². The van der Waals surface area contributed by atoms with Crippen molar-refractivity contribution < 1.29 is 0 Å². The van der Waals surface area contributed by atoms with Gasteiger partial charge in [-0.05, 0) is 27.7 Å². The van der Waals surface area contributed by atoms with E-state index in [-0.39, 0.29) is 0 Å². The largest absolute Gasteiger partial charge is 0.118 e. The van der Waals surface area contributed by atoms with Gasteiger partial charge in [-0.25, -0.2) is 0 Å². The molecule has 1 atom stereocenters. The molecule has 0 saturated heterocycles. The molecule has 0 saturated carbocycles. The van der Waals surface area contributed by atoms with E-state index >= 15 is 0 Å². The zero-order valence-corrected chi connectivity index (χ0v) is 6.97. The minimum absolute atomic E-state index is 0.436. The molecule has 0 aliphatic heterocycles. The molecule has 1 radical (unpaired) electrons. The Kier molecular flexibility index (Phi) is 2.22. The first-order chi connectivity index (χ1) is 3.25. The summed E-state index contributed by atoms with van der Waals surface area (Å²) in [6.07, 6.45) is 0. The van der Waals surface area contributed by atoms with E-state index < -0.39 is 9.75 Å². The number of alkyl halides is 2. The zero-order valence-electron chi connectivity index (χ0n) is 5.46. The van der Waals surface area contributed by atoms with Crippen molar-refractivity contribution in [1.82, 2.24) is 0 Å². The van der Waals surface area contributed by atoms with Gasteiger partial charge in [-0.15, -0.1) is 23.2 Å². The van der Waals surface area contributed by atoms with Crippen LogP contribution in [0.5, 0.6) is 0 Å². The Bertz CT molecular complexity index is 61.5. The van der Waals surface area contributed by atoms with E-state index in [4.69, 9.17) is 23.2 Å². The summed E-state index contributed by atoms with van der Waals surface area (Å²) in [4.78, 5) is -1.01. The van der Waals surface area contributed by atoms with Gasteiger partial charge >= 0.3 is 0 Å². The van der Waals surface area contributed by atoms with Crippen LogP contribution in [0.2, 0.25) is 0 Å². The van der Waals surface area contributed by atoms with Crippen LogP contribution in [0.4, 0.5) is 0 Å². The summed E-state index contributed by atoms with van der Waals surface area (Å²) in [5.41, 5.74) is 0. The molecule has 0 rings (SSSR count). The molecular weight excluding hydrogens is 143 g/mol. The first-order valence-corrected chi connectivity index (χ1v) is 3.24. The standard InChI is InChI=1S/C6H11Cl2/c1-5(2,7)6(3,4)8/h1H2,2-4H3. The fourth-order valence-electron chi connectivity index (χ4n) is 0. The van der Waals surface area contributed by atoms with Gasteiger partial charge in [0.1, 0.15) is 0 Å². The molecule has 1 unspecified atom stereocenters. The quantitative estimate of drug-likeness (QED) is 0.509. The Labute approximate surface area is 61.2 Å². The van der Waals surface area contributed by atoms with Crippen LogP contribution in [0.15, 0.2) is 0 Å². The van der Waals surface area contributed by atoms with Crippen molar-refractivity contribution in [1.29, 1.82) is 0 Å². The maximum Gasteiger partial charge on any atom is 0.0605 e. The van der Waals surface area contributed by atoms with E-state index in [9.17, 15) is 0 Å². The molecule has 0 aromatic rings. The van der Waals surface area contributed by atoms with Crippen LogP contribution in [0.25, 0.3) is 0 Å². The predicted molar refractivity (Wildman–Crippen MR) is 39.5 cm³/mol. The van der Waals surface area contributed by atoms with E-state index in [0.717, 1.165) is 0 Å². The van der Waals surface area contributed by atoms with Crippen LogP contribution in [0.3, 0.4) is 0 Å². The molecule has 0 bridgehead atoms. The van der Waals surface area contributed by atoms with Gasteiger partial charge < -0.3 is 0 Å². The Morgan fingerprint density at radius 2 is 1.25 bits per heavy atom. The molecule has 0 aromatic carbocycles. The van der Waals surface area contributed by atoms with Crippen molar-refractivity contribution in [2.24, 2.45) is 0 Å². The second-order valence-electron chi connectivity index (χ2n) is 2.67. The van der Waals surface area contributed by atoms with Crippen molar-refractivity contribution in [3.8, 4) is 0 Å². The topological polar surface area (TPSA) is 0 Å². The summed E-state index contributed by atoms with van der Waals surface area (Å²) in [5, 5.41) is 0. The number of hydrogen-bond acceptors (Lipinski definition) is 0. The third kappa shape index (κ3) is 2.23. The highest BCUT2D eigenvalue weighted by Crippen LogP contribution is 2.32. The minimum Gasteiger partial charge on any atom is -0.118 e. The van der Waals surface area contributed by atoms with Crippen LogP contribution < -0.4 is 0 Å². The molecule has 0 aliphatic carbocycles. The van der Waals surface area contributed by atoms with E-state index in [1.54, 1.807) is 6.92 Å². The lowest BCUT2D eigenvalue weighted by Gasteiger charge is -2.29. The first kappa shape index (κ1) is 8.58. The van der Waals surface area contributed by atoms with E-state index in [0.29, 0.717) is 0 Å². The molecule has 2 heteroatoms. The van der Waals surface area contributed by atoms with Gasteiger partial charge in [-0.3, -0.25) is 0 Å².